The molecule has 0 aromatic carbocycles. The third-order valence-electron chi connectivity index (χ3n) is 6.39. The molecule has 1 N–H and O–H groups in total. The SMILES string of the molecule is CCCc1ccc(=O)n(Cc2c(-c3ccc(N4CCC[C@H](CC(=O)O)C4)c(C#N)n3)nnn2C)c1. The number of carbonyl (C=O) groups is 1. The summed E-state index contributed by atoms with van der Waals surface area (Å²) >= 11 is 0. The molecule has 0 saturated carbocycles. The number of hydrogen-bond donors (Lipinski definition) is 1. The van der Waals surface area contributed by atoms with Gasteiger partial charge in [0.15, 0.2) is 5.69 Å². The van der Waals surface area contributed by atoms with Crippen molar-refractivity contribution in [1.29, 1.82) is 5.26 Å². The summed E-state index contributed by atoms with van der Waals surface area (Å²) in [6.45, 7) is 3.70. The minimum absolute atomic E-state index is 0.0424. The number of hydrogen-bond acceptors (Lipinski definition) is 7. The van der Waals surface area contributed by atoms with Crippen molar-refractivity contribution in [3.63, 3.8) is 0 Å². The second-order valence-corrected chi connectivity index (χ2v) is 8.99. The van der Waals surface area contributed by atoms with Crippen LogP contribution in [0.3, 0.4) is 0 Å². The standard InChI is InChI=1S/C25H29N7O3/c1-3-5-17-7-10-23(33)32(14-17)16-22-25(28-29-30(22)2)19-8-9-21(20(13-26)27-19)31-11-4-6-18(15-31)12-24(34)35/h7-10,14,18H,3-6,11-12,15-16H2,1-2H3,(H,34,35)/t18-/m1/s1. The predicted molar refractivity (Wildman–Crippen MR) is 130 cm³/mol. The lowest BCUT2D eigenvalue weighted by molar-refractivity contribution is -0.138. The van der Waals surface area contributed by atoms with E-state index in [1.165, 1.54) is 0 Å². The minimum Gasteiger partial charge on any atom is -0.481 e. The van der Waals surface area contributed by atoms with Crippen LogP contribution >= 0.6 is 0 Å². The van der Waals surface area contributed by atoms with Crippen molar-refractivity contribution in [3.05, 3.63) is 57.8 Å². The molecular formula is C25H29N7O3. The van der Waals surface area contributed by atoms with Gasteiger partial charge in [0, 0.05) is 38.8 Å². The zero-order valence-electron chi connectivity index (χ0n) is 20.0. The fourth-order valence-electron chi connectivity index (χ4n) is 4.67. The second-order valence-electron chi connectivity index (χ2n) is 8.99. The number of nitriles is 1. The summed E-state index contributed by atoms with van der Waals surface area (Å²) in [6.07, 6.45) is 5.57. The van der Waals surface area contributed by atoms with Crippen molar-refractivity contribution < 1.29 is 9.90 Å². The molecule has 1 aliphatic heterocycles. The molecule has 0 unspecified atom stereocenters. The zero-order valence-corrected chi connectivity index (χ0v) is 20.0. The van der Waals surface area contributed by atoms with Crippen LogP contribution in [0.25, 0.3) is 11.4 Å². The highest BCUT2D eigenvalue weighted by molar-refractivity contribution is 5.68. The van der Waals surface area contributed by atoms with E-state index in [-0.39, 0.29) is 30.1 Å². The number of piperidine rings is 1. The number of anilines is 1. The zero-order chi connectivity index (χ0) is 24.9. The molecule has 182 valence electrons. The maximum atomic E-state index is 12.5. The van der Waals surface area contributed by atoms with Gasteiger partial charge in [-0.25, -0.2) is 9.67 Å². The van der Waals surface area contributed by atoms with Crippen LogP contribution in [0.5, 0.6) is 0 Å². The van der Waals surface area contributed by atoms with Gasteiger partial charge in [0.2, 0.25) is 0 Å². The Balaban J connectivity index is 1.64. The molecule has 0 amide bonds. The molecule has 4 heterocycles. The number of rotatable bonds is 8. The van der Waals surface area contributed by atoms with Crippen LogP contribution in [0.1, 0.15) is 49.6 Å². The van der Waals surface area contributed by atoms with Gasteiger partial charge in [-0.15, -0.1) is 5.10 Å². The van der Waals surface area contributed by atoms with Crippen molar-refractivity contribution in [2.24, 2.45) is 13.0 Å². The molecule has 0 bridgehead atoms. The highest BCUT2D eigenvalue weighted by atomic mass is 16.4. The largest absolute Gasteiger partial charge is 0.481 e. The summed E-state index contributed by atoms with van der Waals surface area (Å²) in [5.41, 5.74) is 3.66. The van der Waals surface area contributed by atoms with E-state index in [0.29, 0.717) is 29.3 Å². The average Bonchev–Trinajstić information content (AvgIpc) is 3.20. The summed E-state index contributed by atoms with van der Waals surface area (Å²) in [6, 6.07) is 9.26. The number of nitrogens with zero attached hydrogens (tertiary/aromatic N) is 7. The van der Waals surface area contributed by atoms with E-state index in [1.807, 2.05) is 23.2 Å². The lowest BCUT2D eigenvalue weighted by atomic mass is 9.94. The molecule has 1 aliphatic rings. The smallest absolute Gasteiger partial charge is 0.303 e. The molecule has 1 fully saturated rings. The molecule has 3 aromatic rings. The van der Waals surface area contributed by atoms with Crippen molar-refractivity contribution >= 4 is 11.7 Å². The Morgan fingerprint density at radius 3 is 2.86 bits per heavy atom. The van der Waals surface area contributed by atoms with E-state index in [0.717, 1.165) is 37.8 Å². The molecule has 1 saturated heterocycles. The van der Waals surface area contributed by atoms with Crippen LogP contribution in [-0.4, -0.2) is 48.7 Å². The Labute approximate surface area is 203 Å². The summed E-state index contributed by atoms with van der Waals surface area (Å²) in [4.78, 5) is 30.3. The van der Waals surface area contributed by atoms with E-state index in [4.69, 9.17) is 5.11 Å². The molecule has 35 heavy (non-hydrogen) atoms. The van der Waals surface area contributed by atoms with E-state index >= 15 is 0 Å². The number of carboxylic acid groups (broad SMARTS) is 1. The molecule has 3 aromatic heterocycles. The monoisotopic (exact) mass is 475 g/mol. The average molecular weight is 476 g/mol. The number of pyridine rings is 2. The van der Waals surface area contributed by atoms with Crippen LogP contribution < -0.4 is 10.5 Å². The lowest BCUT2D eigenvalue weighted by Crippen LogP contribution is -2.36. The van der Waals surface area contributed by atoms with Gasteiger partial charge in [-0.1, -0.05) is 24.6 Å². The Morgan fingerprint density at radius 1 is 1.29 bits per heavy atom. The Hall–Kier alpha value is -4.00. The van der Waals surface area contributed by atoms with Gasteiger partial charge in [-0.05, 0) is 42.9 Å². The Kier molecular flexibility index (Phi) is 7.25. The lowest BCUT2D eigenvalue weighted by Gasteiger charge is -2.34. The van der Waals surface area contributed by atoms with Gasteiger partial charge in [0.25, 0.3) is 5.56 Å². The first kappa shape index (κ1) is 24.1. The first-order valence-electron chi connectivity index (χ1n) is 11.9. The molecule has 0 aliphatic carbocycles. The Morgan fingerprint density at radius 2 is 2.11 bits per heavy atom. The van der Waals surface area contributed by atoms with Gasteiger partial charge < -0.3 is 14.6 Å². The predicted octanol–water partition coefficient (Wildman–Crippen LogP) is 2.60. The highest BCUT2D eigenvalue weighted by Crippen LogP contribution is 2.29. The number of carboxylic acids is 1. The molecule has 0 radical (unpaired) electrons. The minimum atomic E-state index is -0.805. The first-order chi connectivity index (χ1) is 16.9. The third-order valence-corrected chi connectivity index (χ3v) is 6.39. The summed E-state index contributed by atoms with van der Waals surface area (Å²) < 4.78 is 3.26. The van der Waals surface area contributed by atoms with Crippen LogP contribution in [-0.2, 0) is 24.8 Å². The van der Waals surface area contributed by atoms with Crippen LogP contribution in [0.15, 0.2) is 35.3 Å². The van der Waals surface area contributed by atoms with Crippen molar-refractivity contribution in [2.45, 2.75) is 45.6 Å². The van der Waals surface area contributed by atoms with Crippen molar-refractivity contribution in [3.8, 4) is 17.5 Å². The quantitative estimate of drug-likeness (QED) is 0.526. The number of aliphatic carboxylic acids is 1. The van der Waals surface area contributed by atoms with Gasteiger partial charge >= 0.3 is 5.97 Å². The molecular weight excluding hydrogens is 446 g/mol. The molecule has 10 heteroatoms. The van der Waals surface area contributed by atoms with Crippen molar-refractivity contribution in [1.82, 2.24) is 24.5 Å². The van der Waals surface area contributed by atoms with E-state index in [9.17, 15) is 14.9 Å². The van der Waals surface area contributed by atoms with Crippen LogP contribution in [0, 0.1) is 17.2 Å². The second kappa shape index (κ2) is 10.5. The van der Waals surface area contributed by atoms with Gasteiger partial charge in [0.05, 0.1) is 23.6 Å². The van der Waals surface area contributed by atoms with E-state index < -0.39 is 5.97 Å². The Bertz CT molecular complexity index is 1320. The first-order valence-corrected chi connectivity index (χ1v) is 11.9. The maximum absolute atomic E-state index is 12.5. The number of aryl methyl sites for hydroxylation is 2. The fourth-order valence-corrected chi connectivity index (χ4v) is 4.67. The molecule has 4 rings (SSSR count). The molecule has 10 nitrogen and oxygen atoms in total. The van der Waals surface area contributed by atoms with Crippen molar-refractivity contribution in [2.75, 3.05) is 18.0 Å². The van der Waals surface area contributed by atoms with Crippen LogP contribution in [0.4, 0.5) is 5.69 Å². The van der Waals surface area contributed by atoms with E-state index in [1.54, 1.807) is 28.4 Å². The van der Waals surface area contributed by atoms with Crippen LogP contribution in [0.2, 0.25) is 0 Å². The third kappa shape index (κ3) is 5.40. The fraction of sp³-hybridized carbons (Fsp3) is 0.440. The topological polar surface area (TPSA) is 130 Å². The number of aromatic nitrogens is 5. The van der Waals surface area contributed by atoms with Gasteiger partial charge in [0.1, 0.15) is 11.8 Å². The van der Waals surface area contributed by atoms with Gasteiger partial charge in [-0.3, -0.25) is 9.59 Å². The maximum Gasteiger partial charge on any atom is 0.303 e. The van der Waals surface area contributed by atoms with Gasteiger partial charge in [-0.2, -0.15) is 5.26 Å². The molecule has 1 atom stereocenters. The summed E-state index contributed by atoms with van der Waals surface area (Å²) in [7, 11) is 1.77. The molecule has 0 spiro atoms. The normalized spacial score (nSPS) is 15.7. The highest BCUT2D eigenvalue weighted by Gasteiger charge is 2.25. The van der Waals surface area contributed by atoms with E-state index in [2.05, 4.69) is 28.3 Å². The summed E-state index contributed by atoms with van der Waals surface area (Å²) in [5.74, 6) is -0.763. The summed E-state index contributed by atoms with van der Waals surface area (Å²) in [5, 5.41) is 27.4.